The zero-order chi connectivity index (χ0) is 13.7. The van der Waals surface area contributed by atoms with Gasteiger partial charge < -0.3 is 10.2 Å². The second kappa shape index (κ2) is 6.49. The normalized spacial score (nSPS) is 16.9. The molecule has 0 bridgehead atoms. The van der Waals surface area contributed by atoms with Gasteiger partial charge in [0.15, 0.2) is 0 Å². The first-order chi connectivity index (χ1) is 9.19. The standard InChI is InChI=1S/C16H23N3/c1-4-10-19-11-8-14(9-12-19)17-15-6-5-7-16(13-15)18(2)3/h1,5-7,13-14,17H,8-12H2,2-3H3. The van der Waals surface area contributed by atoms with E-state index >= 15 is 0 Å². The Morgan fingerprint density at radius 1 is 1.37 bits per heavy atom. The van der Waals surface area contributed by atoms with Gasteiger partial charge in [-0.25, -0.2) is 0 Å². The van der Waals surface area contributed by atoms with Crippen molar-refractivity contribution in [1.29, 1.82) is 0 Å². The molecule has 0 amide bonds. The van der Waals surface area contributed by atoms with Gasteiger partial charge in [0.05, 0.1) is 6.54 Å². The van der Waals surface area contributed by atoms with Crippen LogP contribution in [0.3, 0.4) is 0 Å². The first-order valence-electron chi connectivity index (χ1n) is 6.89. The van der Waals surface area contributed by atoms with E-state index in [4.69, 9.17) is 6.42 Å². The summed E-state index contributed by atoms with van der Waals surface area (Å²) >= 11 is 0. The van der Waals surface area contributed by atoms with Crippen molar-refractivity contribution >= 4 is 11.4 Å². The summed E-state index contributed by atoms with van der Waals surface area (Å²) in [6.45, 7) is 2.97. The van der Waals surface area contributed by atoms with Crippen molar-refractivity contribution in [2.75, 3.05) is 43.9 Å². The molecule has 1 heterocycles. The average Bonchev–Trinajstić information content (AvgIpc) is 2.42. The zero-order valence-corrected chi connectivity index (χ0v) is 11.9. The summed E-state index contributed by atoms with van der Waals surface area (Å²) in [5.41, 5.74) is 2.44. The van der Waals surface area contributed by atoms with Gasteiger partial charge in [-0.3, -0.25) is 4.90 Å². The van der Waals surface area contributed by atoms with Gasteiger partial charge >= 0.3 is 0 Å². The maximum absolute atomic E-state index is 5.35. The van der Waals surface area contributed by atoms with Gasteiger partial charge in [-0.15, -0.1) is 6.42 Å². The molecule has 1 saturated heterocycles. The monoisotopic (exact) mass is 257 g/mol. The summed E-state index contributed by atoms with van der Waals surface area (Å²) in [5.74, 6) is 2.72. The molecule has 0 radical (unpaired) electrons. The van der Waals surface area contributed by atoms with Gasteiger partial charge in [-0.2, -0.15) is 0 Å². The Bertz CT molecular complexity index is 440. The minimum Gasteiger partial charge on any atom is -0.382 e. The third-order valence-electron chi connectivity index (χ3n) is 3.64. The lowest BCUT2D eigenvalue weighted by atomic mass is 10.0. The summed E-state index contributed by atoms with van der Waals surface area (Å²) in [6.07, 6.45) is 7.67. The molecule has 2 rings (SSSR count). The minimum atomic E-state index is 0.562. The highest BCUT2D eigenvalue weighted by atomic mass is 15.1. The van der Waals surface area contributed by atoms with E-state index in [2.05, 4.69) is 59.4 Å². The van der Waals surface area contributed by atoms with Crippen LogP contribution in [-0.2, 0) is 0 Å². The van der Waals surface area contributed by atoms with Crippen LogP contribution in [0.5, 0.6) is 0 Å². The van der Waals surface area contributed by atoms with Crippen molar-refractivity contribution in [2.24, 2.45) is 0 Å². The summed E-state index contributed by atoms with van der Waals surface area (Å²) in [6, 6.07) is 9.13. The van der Waals surface area contributed by atoms with E-state index in [0.29, 0.717) is 6.04 Å². The molecule has 102 valence electrons. The Labute approximate surface area is 116 Å². The van der Waals surface area contributed by atoms with Crippen molar-refractivity contribution in [3.05, 3.63) is 24.3 Å². The Hall–Kier alpha value is -1.66. The van der Waals surface area contributed by atoms with Crippen molar-refractivity contribution in [2.45, 2.75) is 18.9 Å². The van der Waals surface area contributed by atoms with Gasteiger partial charge in [0, 0.05) is 44.6 Å². The highest BCUT2D eigenvalue weighted by molar-refractivity contribution is 5.57. The average molecular weight is 257 g/mol. The molecule has 1 aromatic rings. The quantitative estimate of drug-likeness (QED) is 0.835. The molecule has 1 fully saturated rings. The molecule has 0 saturated carbocycles. The molecule has 0 aromatic heterocycles. The molecule has 0 atom stereocenters. The van der Waals surface area contributed by atoms with E-state index in [1.54, 1.807) is 0 Å². The highest BCUT2D eigenvalue weighted by Crippen LogP contribution is 2.20. The second-order valence-corrected chi connectivity index (χ2v) is 5.34. The van der Waals surface area contributed by atoms with E-state index in [-0.39, 0.29) is 0 Å². The smallest absolute Gasteiger partial charge is 0.0598 e. The van der Waals surface area contributed by atoms with Crippen LogP contribution in [-0.4, -0.2) is 44.7 Å². The third kappa shape index (κ3) is 3.90. The predicted molar refractivity (Wildman–Crippen MR) is 82.7 cm³/mol. The zero-order valence-electron chi connectivity index (χ0n) is 11.9. The number of hydrogen-bond acceptors (Lipinski definition) is 3. The van der Waals surface area contributed by atoms with Crippen LogP contribution in [0.25, 0.3) is 0 Å². The van der Waals surface area contributed by atoms with E-state index < -0.39 is 0 Å². The third-order valence-corrected chi connectivity index (χ3v) is 3.64. The number of rotatable bonds is 4. The second-order valence-electron chi connectivity index (χ2n) is 5.34. The van der Waals surface area contributed by atoms with Crippen molar-refractivity contribution in [1.82, 2.24) is 4.90 Å². The van der Waals surface area contributed by atoms with Crippen LogP contribution in [0, 0.1) is 12.3 Å². The maximum Gasteiger partial charge on any atom is 0.0598 e. The molecule has 1 N–H and O–H groups in total. The molecule has 19 heavy (non-hydrogen) atoms. The number of nitrogens with zero attached hydrogens (tertiary/aromatic N) is 2. The van der Waals surface area contributed by atoms with E-state index in [1.807, 2.05) is 0 Å². The largest absolute Gasteiger partial charge is 0.382 e. The number of terminal acetylenes is 1. The molecule has 1 aliphatic heterocycles. The first kappa shape index (κ1) is 13.8. The van der Waals surface area contributed by atoms with Gasteiger partial charge in [-0.1, -0.05) is 12.0 Å². The Morgan fingerprint density at radius 3 is 2.74 bits per heavy atom. The van der Waals surface area contributed by atoms with E-state index in [9.17, 15) is 0 Å². The van der Waals surface area contributed by atoms with Crippen LogP contribution >= 0.6 is 0 Å². The SMILES string of the molecule is C#CCN1CCC(Nc2cccc(N(C)C)c2)CC1. The molecule has 1 aliphatic rings. The van der Waals surface area contributed by atoms with Gasteiger partial charge in [-0.05, 0) is 31.0 Å². The number of piperidine rings is 1. The van der Waals surface area contributed by atoms with Crippen LogP contribution < -0.4 is 10.2 Å². The van der Waals surface area contributed by atoms with Crippen molar-refractivity contribution < 1.29 is 0 Å². The number of nitrogens with one attached hydrogen (secondary N) is 1. The lowest BCUT2D eigenvalue weighted by Crippen LogP contribution is -2.39. The van der Waals surface area contributed by atoms with Crippen molar-refractivity contribution in [3.8, 4) is 12.3 Å². The lowest BCUT2D eigenvalue weighted by Gasteiger charge is -2.31. The molecule has 3 nitrogen and oxygen atoms in total. The number of hydrogen-bond donors (Lipinski definition) is 1. The lowest BCUT2D eigenvalue weighted by molar-refractivity contribution is 0.243. The van der Waals surface area contributed by atoms with Gasteiger partial charge in [0.1, 0.15) is 0 Å². The summed E-state index contributed by atoms with van der Waals surface area (Å²) in [4.78, 5) is 4.47. The first-order valence-corrected chi connectivity index (χ1v) is 6.89. The minimum absolute atomic E-state index is 0.562. The molecule has 0 aliphatic carbocycles. The number of likely N-dealkylation sites (tertiary alicyclic amines) is 1. The molecule has 1 aromatic carbocycles. The van der Waals surface area contributed by atoms with E-state index in [1.165, 1.54) is 11.4 Å². The van der Waals surface area contributed by atoms with Crippen LogP contribution in [0.4, 0.5) is 11.4 Å². The number of anilines is 2. The van der Waals surface area contributed by atoms with Crippen LogP contribution in [0.1, 0.15) is 12.8 Å². The Balaban J connectivity index is 1.89. The molecule has 3 heteroatoms. The number of benzene rings is 1. The fourth-order valence-electron chi connectivity index (χ4n) is 2.47. The highest BCUT2D eigenvalue weighted by Gasteiger charge is 2.18. The fraction of sp³-hybridized carbons (Fsp3) is 0.500. The van der Waals surface area contributed by atoms with Crippen LogP contribution in [0.15, 0.2) is 24.3 Å². The molecule has 0 unspecified atom stereocenters. The maximum atomic E-state index is 5.35. The Morgan fingerprint density at radius 2 is 2.11 bits per heavy atom. The topological polar surface area (TPSA) is 18.5 Å². The molecular formula is C16H23N3. The molecule has 0 spiro atoms. The van der Waals surface area contributed by atoms with Crippen molar-refractivity contribution in [3.63, 3.8) is 0 Å². The summed E-state index contributed by atoms with van der Waals surface area (Å²) in [7, 11) is 4.13. The van der Waals surface area contributed by atoms with E-state index in [0.717, 1.165) is 32.5 Å². The van der Waals surface area contributed by atoms with Gasteiger partial charge in [0.25, 0.3) is 0 Å². The fourth-order valence-corrected chi connectivity index (χ4v) is 2.47. The Kier molecular flexibility index (Phi) is 4.70. The van der Waals surface area contributed by atoms with Gasteiger partial charge in [0.2, 0.25) is 0 Å². The summed E-state index contributed by atoms with van der Waals surface area (Å²) in [5, 5.41) is 3.63. The molecular weight excluding hydrogens is 234 g/mol. The van der Waals surface area contributed by atoms with Crippen LogP contribution in [0.2, 0.25) is 0 Å². The predicted octanol–water partition coefficient (Wildman–Crippen LogP) is 2.26. The summed E-state index contributed by atoms with van der Waals surface area (Å²) < 4.78 is 0.